The third kappa shape index (κ3) is 5.53. The molecule has 2 aromatic rings. The summed E-state index contributed by atoms with van der Waals surface area (Å²) in [6, 6.07) is 9.48. The molecule has 0 atom stereocenters. The minimum atomic E-state index is 0.0225. The Morgan fingerprint density at radius 1 is 0.875 bits per heavy atom. The molecule has 1 aliphatic heterocycles. The normalized spacial score (nSPS) is 14.9. The van der Waals surface area contributed by atoms with Gasteiger partial charge in [-0.25, -0.2) is 0 Å². The fraction of sp³-hybridized carbons (Fsp3) is 0.400. The Balaban J connectivity index is 1.80. The van der Waals surface area contributed by atoms with Crippen LogP contribution in [0.5, 0.6) is 23.0 Å². The van der Waals surface area contributed by atoms with Gasteiger partial charge in [-0.1, -0.05) is 18.2 Å². The number of ether oxygens (including phenoxy) is 4. The van der Waals surface area contributed by atoms with E-state index in [0.29, 0.717) is 28.7 Å². The summed E-state index contributed by atoms with van der Waals surface area (Å²) in [6.07, 6.45) is 5.65. The van der Waals surface area contributed by atoms with Crippen molar-refractivity contribution in [3.8, 4) is 23.0 Å². The van der Waals surface area contributed by atoms with Crippen LogP contribution in [0.2, 0.25) is 0 Å². The molecule has 7 nitrogen and oxygen atoms in total. The summed E-state index contributed by atoms with van der Waals surface area (Å²) in [5.74, 6) is 2.43. The molecule has 0 spiro atoms. The first-order valence-electron chi connectivity index (χ1n) is 10.6. The van der Waals surface area contributed by atoms with Crippen molar-refractivity contribution < 1.29 is 23.7 Å². The van der Waals surface area contributed by atoms with Crippen molar-refractivity contribution in [3.05, 3.63) is 41.5 Å². The summed E-state index contributed by atoms with van der Waals surface area (Å²) >= 11 is 0. The second-order valence-electron chi connectivity index (χ2n) is 7.82. The molecule has 0 bridgehead atoms. The summed E-state index contributed by atoms with van der Waals surface area (Å²) < 4.78 is 21.7. The molecular weight excluding hydrogens is 408 g/mol. The monoisotopic (exact) mass is 440 g/mol. The zero-order valence-corrected chi connectivity index (χ0v) is 19.4. The molecule has 1 fully saturated rings. The van der Waals surface area contributed by atoms with Gasteiger partial charge in [-0.15, -0.1) is 0 Å². The SMILES string of the molecule is COc1ccc(/C=C\c2cc(OC)c(OC)c(OC)c2)cc1NC(=O)C1CCN(C)CC1. The maximum absolute atomic E-state index is 12.8. The van der Waals surface area contributed by atoms with Gasteiger partial charge in [-0.05, 0) is 68.4 Å². The average molecular weight is 441 g/mol. The Labute approximate surface area is 189 Å². The highest BCUT2D eigenvalue weighted by atomic mass is 16.5. The topological polar surface area (TPSA) is 69.3 Å². The molecule has 0 radical (unpaired) electrons. The summed E-state index contributed by atoms with van der Waals surface area (Å²) in [5, 5.41) is 3.06. The van der Waals surface area contributed by atoms with Gasteiger partial charge >= 0.3 is 0 Å². The number of carbonyl (C=O) groups is 1. The van der Waals surface area contributed by atoms with Gasteiger partial charge in [0, 0.05) is 5.92 Å². The lowest BCUT2D eigenvalue weighted by Gasteiger charge is -2.28. The highest BCUT2D eigenvalue weighted by molar-refractivity contribution is 5.94. The number of hydrogen-bond acceptors (Lipinski definition) is 6. The first-order chi connectivity index (χ1) is 15.5. The minimum absolute atomic E-state index is 0.0225. The molecule has 7 heteroatoms. The molecule has 0 saturated carbocycles. The van der Waals surface area contributed by atoms with Gasteiger partial charge in [-0.3, -0.25) is 4.79 Å². The second-order valence-corrected chi connectivity index (χ2v) is 7.82. The highest BCUT2D eigenvalue weighted by Gasteiger charge is 2.24. The van der Waals surface area contributed by atoms with Gasteiger partial charge < -0.3 is 29.2 Å². The zero-order valence-electron chi connectivity index (χ0n) is 19.4. The number of carbonyl (C=O) groups excluding carboxylic acids is 1. The van der Waals surface area contributed by atoms with Crippen LogP contribution >= 0.6 is 0 Å². The maximum atomic E-state index is 12.8. The van der Waals surface area contributed by atoms with E-state index < -0.39 is 0 Å². The van der Waals surface area contributed by atoms with Crippen LogP contribution in [0, 0.1) is 5.92 Å². The van der Waals surface area contributed by atoms with Crippen molar-refractivity contribution in [2.45, 2.75) is 12.8 Å². The lowest BCUT2D eigenvalue weighted by molar-refractivity contribution is -0.121. The number of likely N-dealkylation sites (tertiary alicyclic amines) is 1. The third-order valence-corrected chi connectivity index (χ3v) is 5.73. The molecule has 0 unspecified atom stereocenters. The van der Waals surface area contributed by atoms with E-state index in [9.17, 15) is 4.79 Å². The predicted molar refractivity (Wildman–Crippen MR) is 127 cm³/mol. The van der Waals surface area contributed by atoms with Crippen LogP contribution in [0.25, 0.3) is 12.2 Å². The van der Waals surface area contributed by atoms with Gasteiger partial charge in [0.05, 0.1) is 34.1 Å². The van der Waals surface area contributed by atoms with Crippen LogP contribution in [0.3, 0.4) is 0 Å². The van der Waals surface area contributed by atoms with E-state index in [2.05, 4.69) is 17.3 Å². The molecule has 3 rings (SSSR count). The first-order valence-corrected chi connectivity index (χ1v) is 10.6. The number of nitrogens with zero attached hydrogens (tertiary/aromatic N) is 1. The average Bonchev–Trinajstić information content (AvgIpc) is 2.82. The van der Waals surface area contributed by atoms with Crippen LogP contribution in [-0.4, -0.2) is 59.4 Å². The summed E-state index contributed by atoms with van der Waals surface area (Å²) in [4.78, 5) is 15.0. The van der Waals surface area contributed by atoms with E-state index in [0.717, 1.165) is 37.1 Å². The fourth-order valence-corrected chi connectivity index (χ4v) is 3.82. The molecule has 1 amide bonds. The molecule has 172 valence electrons. The smallest absolute Gasteiger partial charge is 0.227 e. The summed E-state index contributed by atoms with van der Waals surface area (Å²) in [5.41, 5.74) is 2.49. The Bertz CT molecular complexity index is 940. The standard InChI is InChI=1S/C25H32N2O5/c1-27-12-10-19(11-13-27)25(28)26-20-14-17(8-9-21(20)29-2)6-7-18-15-22(30-3)24(32-5)23(16-18)31-4/h6-9,14-16,19H,10-13H2,1-5H3,(H,26,28)/b7-6-. The number of amides is 1. The number of rotatable bonds is 8. The third-order valence-electron chi connectivity index (χ3n) is 5.73. The van der Waals surface area contributed by atoms with Crippen LogP contribution in [-0.2, 0) is 4.79 Å². The fourth-order valence-electron chi connectivity index (χ4n) is 3.82. The lowest BCUT2D eigenvalue weighted by Crippen LogP contribution is -2.35. The highest BCUT2D eigenvalue weighted by Crippen LogP contribution is 2.38. The van der Waals surface area contributed by atoms with Crippen molar-refractivity contribution >= 4 is 23.7 Å². The van der Waals surface area contributed by atoms with Gasteiger partial charge in [0.15, 0.2) is 11.5 Å². The van der Waals surface area contributed by atoms with Gasteiger partial charge in [-0.2, -0.15) is 0 Å². The van der Waals surface area contributed by atoms with Crippen molar-refractivity contribution in [2.24, 2.45) is 5.92 Å². The molecule has 0 aliphatic carbocycles. The quantitative estimate of drug-likeness (QED) is 0.622. The van der Waals surface area contributed by atoms with Gasteiger partial charge in [0.25, 0.3) is 0 Å². The first kappa shape index (κ1) is 23.5. The number of anilines is 1. The molecule has 0 aromatic heterocycles. The van der Waals surface area contributed by atoms with E-state index in [4.69, 9.17) is 18.9 Å². The van der Waals surface area contributed by atoms with Crippen LogP contribution in [0.4, 0.5) is 5.69 Å². The second kappa shape index (κ2) is 10.9. The van der Waals surface area contributed by atoms with E-state index in [1.807, 2.05) is 42.5 Å². The molecular formula is C25H32N2O5. The Morgan fingerprint density at radius 3 is 2.03 bits per heavy atom. The van der Waals surface area contributed by atoms with Crippen molar-refractivity contribution in [1.82, 2.24) is 4.90 Å². The molecule has 1 N–H and O–H groups in total. The molecule has 1 saturated heterocycles. The molecule has 1 aliphatic rings. The number of nitrogens with one attached hydrogen (secondary N) is 1. The van der Waals surface area contributed by atoms with Crippen LogP contribution in [0.1, 0.15) is 24.0 Å². The van der Waals surface area contributed by atoms with Crippen molar-refractivity contribution in [2.75, 3.05) is 53.9 Å². The number of benzene rings is 2. The largest absolute Gasteiger partial charge is 0.495 e. The van der Waals surface area contributed by atoms with Gasteiger partial charge in [0.1, 0.15) is 5.75 Å². The molecule has 32 heavy (non-hydrogen) atoms. The van der Waals surface area contributed by atoms with E-state index in [1.54, 1.807) is 28.4 Å². The molecule has 2 aromatic carbocycles. The van der Waals surface area contributed by atoms with Gasteiger partial charge in [0.2, 0.25) is 11.7 Å². The molecule has 1 heterocycles. The Morgan fingerprint density at radius 2 is 1.47 bits per heavy atom. The summed E-state index contributed by atoms with van der Waals surface area (Å²) in [6.45, 7) is 1.87. The predicted octanol–water partition coefficient (Wildman–Crippen LogP) is 4.17. The Hall–Kier alpha value is -3.19. The van der Waals surface area contributed by atoms with Crippen LogP contribution < -0.4 is 24.3 Å². The van der Waals surface area contributed by atoms with Crippen LogP contribution in [0.15, 0.2) is 30.3 Å². The minimum Gasteiger partial charge on any atom is -0.495 e. The van der Waals surface area contributed by atoms with E-state index in [1.165, 1.54) is 0 Å². The zero-order chi connectivity index (χ0) is 23.1. The number of piperidine rings is 1. The Kier molecular flexibility index (Phi) is 8.00. The number of hydrogen-bond donors (Lipinski definition) is 1. The van der Waals surface area contributed by atoms with E-state index in [-0.39, 0.29) is 11.8 Å². The van der Waals surface area contributed by atoms with Crippen molar-refractivity contribution in [1.29, 1.82) is 0 Å². The maximum Gasteiger partial charge on any atom is 0.227 e. The van der Waals surface area contributed by atoms with Crippen molar-refractivity contribution in [3.63, 3.8) is 0 Å². The number of methoxy groups -OCH3 is 4. The lowest BCUT2D eigenvalue weighted by atomic mass is 9.96. The van der Waals surface area contributed by atoms with E-state index >= 15 is 0 Å². The summed E-state index contributed by atoms with van der Waals surface area (Å²) in [7, 11) is 8.45.